The number of nitrogens with zero attached hydrogens (tertiary/aromatic N) is 2. The highest BCUT2D eigenvalue weighted by atomic mass is 19.1. The molecule has 132 valence electrons. The lowest BCUT2D eigenvalue weighted by molar-refractivity contribution is -0.150. The number of esters is 1. The van der Waals surface area contributed by atoms with E-state index in [4.69, 9.17) is 11.2 Å². The number of hydrogen-bond donors (Lipinski definition) is 0. The fraction of sp³-hybridized carbons (Fsp3) is 0.389. The Labute approximate surface area is 145 Å². The van der Waals surface area contributed by atoms with Gasteiger partial charge in [-0.2, -0.15) is 0 Å². The third kappa shape index (κ3) is 4.15. The van der Waals surface area contributed by atoms with Crippen molar-refractivity contribution < 1.29 is 23.5 Å². The van der Waals surface area contributed by atoms with Gasteiger partial charge in [0.25, 0.3) is 5.91 Å². The molecule has 1 aromatic rings. The molecule has 0 spiro atoms. The summed E-state index contributed by atoms with van der Waals surface area (Å²) in [7, 11) is 0. The summed E-state index contributed by atoms with van der Waals surface area (Å²) >= 11 is 0. The molecule has 1 fully saturated rings. The molecule has 1 saturated heterocycles. The van der Waals surface area contributed by atoms with Crippen LogP contribution in [0.15, 0.2) is 24.3 Å². The van der Waals surface area contributed by atoms with Crippen molar-refractivity contribution in [2.75, 3.05) is 19.8 Å². The van der Waals surface area contributed by atoms with Crippen LogP contribution in [-0.2, 0) is 14.3 Å². The molecule has 0 saturated carbocycles. The topological polar surface area (TPSA) is 66.9 Å². The number of halogens is 1. The fourth-order valence-electron chi connectivity index (χ4n) is 2.64. The lowest BCUT2D eigenvalue weighted by atomic mass is 9.88. The number of carbonyl (C=O) groups excluding carboxylic acids is 3. The van der Waals surface area contributed by atoms with E-state index in [1.165, 1.54) is 24.3 Å². The molecule has 1 aromatic carbocycles. The van der Waals surface area contributed by atoms with Gasteiger partial charge in [0.2, 0.25) is 0 Å². The minimum absolute atomic E-state index is 0.0909. The average Bonchev–Trinajstić information content (AvgIpc) is 2.82. The number of imide groups is 1. The molecule has 6 nitrogen and oxygen atoms in total. The number of amides is 3. The zero-order chi connectivity index (χ0) is 18.6. The largest absolute Gasteiger partial charge is 0.444 e. The Morgan fingerprint density at radius 2 is 1.96 bits per heavy atom. The monoisotopic (exact) mass is 346 g/mol. The Kier molecular flexibility index (Phi) is 5.75. The maximum absolute atomic E-state index is 13.1. The number of hydrogen-bond acceptors (Lipinski definition) is 4. The van der Waals surface area contributed by atoms with Crippen molar-refractivity contribution in [3.63, 3.8) is 0 Å². The van der Waals surface area contributed by atoms with Crippen LogP contribution in [0.4, 0.5) is 9.18 Å². The van der Waals surface area contributed by atoms with Crippen LogP contribution in [0.2, 0.25) is 0 Å². The van der Waals surface area contributed by atoms with E-state index in [1.54, 1.807) is 0 Å². The number of rotatable bonds is 6. The number of benzene rings is 1. The zero-order valence-corrected chi connectivity index (χ0v) is 14.1. The summed E-state index contributed by atoms with van der Waals surface area (Å²) in [4.78, 5) is 38.2. The second-order valence-corrected chi connectivity index (χ2v) is 6.03. The van der Waals surface area contributed by atoms with Crippen molar-refractivity contribution in [1.29, 1.82) is 0 Å². The van der Waals surface area contributed by atoms with Crippen LogP contribution in [0.1, 0.15) is 25.3 Å². The Balaban J connectivity index is 2.03. The molecule has 0 bridgehead atoms. The van der Waals surface area contributed by atoms with Gasteiger partial charge in [-0.3, -0.25) is 19.4 Å². The van der Waals surface area contributed by atoms with Crippen LogP contribution in [0, 0.1) is 24.1 Å². The van der Waals surface area contributed by atoms with E-state index in [0.29, 0.717) is 5.56 Å². The molecule has 7 heteroatoms. The summed E-state index contributed by atoms with van der Waals surface area (Å²) in [5.41, 5.74) is 0.624. The number of carbonyl (C=O) groups is 3. The van der Waals surface area contributed by atoms with Gasteiger partial charge in [-0.25, -0.2) is 9.18 Å². The van der Waals surface area contributed by atoms with Gasteiger partial charge < -0.3 is 4.74 Å². The molecule has 1 atom stereocenters. The maximum Gasteiger partial charge on any atom is 0.330 e. The van der Waals surface area contributed by atoms with Crippen molar-refractivity contribution in [2.24, 2.45) is 5.92 Å². The third-order valence-corrected chi connectivity index (χ3v) is 3.89. The van der Waals surface area contributed by atoms with Gasteiger partial charge in [-0.15, -0.1) is 6.42 Å². The fourth-order valence-corrected chi connectivity index (χ4v) is 2.64. The van der Waals surface area contributed by atoms with E-state index in [9.17, 15) is 18.8 Å². The number of ether oxygens (including phenoxy) is 1. The van der Waals surface area contributed by atoms with Crippen molar-refractivity contribution in [3.05, 3.63) is 35.6 Å². The summed E-state index contributed by atoms with van der Waals surface area (Å²) in [6.45, 7) is 3.04. The summed E-state index contributed by atoms with van der Waals surface area (Å²) in [5.74, 6) is 0.172. The molecular weight excluding hydrogens is 327 g/mol. The SMILES string of the molecule is C#CCN1C(=O)CN(COC(=O)C(c2ccc(F)cc2)C(C)C)C1=O. The Morgan fingerprint density at radius 3 is 2.52 bits per heavy atom. The maximum atomic E-state index is 13.1. The highest BCUT2D eigenvalue weighted by molar-refractivity contribution is 6.02. The van der Waals surface area contributed by atoms with Crippen LogP contribution in [0.25, 0.3) is 0 Å². The van der Waals surface area contributed by atoms with Crippen LogP contribution < -0.4 is 0 Å². The molecule has 2 rings (SSSR count). The molecule has 3 amide bonds. The van der Waals surface area contributed by atoms with Crippen molar-refractivity contribution in [3.8, 4) is 12.3 Å². The molecule has 0 aromatic heterocycles. The Morgan fingerprint density at radius 1 is 1.32 bits per heavy atom. The van der Waals surface area contributed by atoms with E-state index in [2.05, 4.69) is 5.92 Å². The van der Waals surface area contributed by atoms with Crippen molar-refractivity contribution in [2.45, 2.75) is 19.8 Å². The molecule has 1 aliphatic heterocycles. The predicted molar refractivity (Wildman–Crippen MR) is 87.6 cm³/mol. The van der Waals surface area contributed by atoms with Crippen molar-refractivity contribution in [1.82, 2.24) is 9.80 Å². The quantitative estimate of drug-likeness (QED) is 0.449. The first-order chi connectivity index (χ1) is 11.8. The van der Waals surface area contributed by atoms with Gasteiger partial charge in [0.15, 0.2) is 6.73 Å². The standard InChI is InChI=1S/C18H19FN2O4/c1-4-9-21-15(22)10-20(18(21)24)11-25-17(23)16(12(2)3)13-5-7-14(19)8-6-13/h1,5-8,12,16H,9-11H2,2-3H3. The van der Waals surface area contributed by atoms with Gasteiger partial charge in [-0.05, 0) is 23.6 Å². The first kappa shape index (κ1) is 18.5. The van der Waals surface area contributed by atoms with E-state index in [-0.39, 0.29) is 25.7 Å². The molecular formula is C18H19FN2O4. The van der Waals surface area contributed by atoms with E-state index in [0.717, 1.165) is 9.80 Å². The zero-order valence-electron chi connectivity index (χ0n) is 14.1. The Bertz CT molecular complexity index is 709. The highest BCUT2D eigenvalue weighted by Gasteiger charge is 2.36. The summed E-state index contributed by atoms with van der Waals surface area (Å²) in [6.07, 6.45) is 5.12. The minimum Gasteiger partial charge on any atom is -0.444 e. The van der Waals surface area contributed by atoms with Gasteiger partial charge in [-0.1, -0.05) is 31.9 Å². The number of terminal acetylenes is 1. The lowest BCUT2D eigenvalue weighted by Gasteiger charge is -2.22. The molecule has 1 heterocycles. The van der Waals surface area contributed by atoms with Crippen molar-refractivity contribution >= 4 is 17.9 Å². The number of urea groups is 1. The van der Waals surface area contributed by atoms with E-state index in [1.807, 2.05) is 13.8 Å². The van der Waals surface area contributed by atoms with Crippen LogP contribution >= 0.6 is 0 Å². The van der Waals surface area contributed by atoms with E-state index < -0.39 is 29.6 Å². The van der Waals surface area contributed by atoms with Gasteiger partial charge in [0.05, 0.1) is 12.5 Å². The Hall–Kier alpha value is -2.88. The predicted octanol–water partition coefficient (Wildman–Crippen LogP) is 1.96. The van der Waals surface area contributed by atoms with Crippen LogP contribution in [0.3, 0.4) is 0 Å². The summed E-state index contributed by atoms with van der Waals surface area (Å²) in [5, 5.41) is 0. The van der Waals surface area contributed by atoms with Gasteiger partial charge >= 0.3 is 12.0 Å². The molecule has 0 aliphatic carbocycles. The third-order valence-electron chi connectivity index (χ3n) is 3.89. The first-order valence-corrected chi connectivity index (χ1v) is 7.80. The van der Waals surface area contributed by atoms with Gasteiger partial charge in [0, 0.05) is 0 Å². The molecule has 0 N–H and O–H groups in total. The molecule has 25 heavy (non-hydrogen) atoms. The summed E-state index contributed by atoms with van der Waals surface area (Å²) < 4.78 is 18.3. The molecule has 1 aliphatic rings. The second-order valence-electron chi connectivity index (χ2n) is 6.03. The average molecular weight is 346 g/mol. The second kappa shape index (κ2) is 7.79. The lowest BCUT2D eigenvalue weighted by Crippen LogP contribution is -2.35. The smallest absolute Gasteiger partial charge is 0.330 e. The normalized spacial score (nSPS) is 15.5. The summed E-state index contributed by atoms with van der Waals surface area (Å²) in [6, 6.07) is 5.02. The van der Waals surface area contributed by atoms with Gasteiger partial charge in [0.1, 0.15) is 12.4 Å². The minimum atomic E-state index is -0.601. The highest BCUT2D eigenvalue weighted by Crippen LogP contribution is 2.26. The van der Waals surface area contributed by atoms with Crippen LogP contribution in [0.5, 0.6) is 0 Å². The van der Waals surface area contributed by atoms with Crippen LogP contribution in [-0.4, -0.2) is 47.5 Å². The molecule has 0 radical (unpaired) electrons. The van der Waals surface area contributed by atoms with E-state index >= 15 is 0 Å². The molecule has 1 unspecified atom stereocenters. The first-order valence-electron chi connectivity index (χ1n) is 7.80.